The fraction of sp³-hybridized carbons (Fsp3) is 0.500. The van der Waals surface area contributed by atoms with E-state index in [4.69, 9.17) is 4.74 Å². The molecule has 0 radical (unpaired) electrons. The largest absolute Gasteiger partial charge is 0.484 e. The Morgan fingerprint density at radius 1 is 0.979 bits per heavy atom. The van der Waals surface area contributed by atoms with Crippen molar-refractivity contribution in [2.24, 2.45) is 5.41 Å². The summed E-state index contributed by atoms with van der Waals surface area (Å²) in [6.07, 6.45) is 5.02. The fourth-order valence-electron chi connectivity index (χ4n) is 5.77. The second kappa shape index (κ2) is 13.8. The molecule has 250 valence electrons. The maximum Gasteiger partial charge on any atom is 0.320 e. The molecule has 1 aromatic carbocycles. The van der Waals surface area contributed by atoms with E-state index in [9.17, 15) is 9.59 Å². The molecule has 1 aliphatic carbocycles. The summed E-state index contributed by atoms with van der Waals surface area (Å²) in [5.74, 6) is 1.93. The minimum absolute atomic E-state index is 0.0737. The van der Waals surface area contributed by atoms with Gasteiger partial charge in [-0.25, -0.2) is 14.8 Å². The molecule has 0 bridgehead atoms. The van der Waals surface area contributed by atoms with Crippen molar-refractivity contribution in [1.82, 2.24) is 34.8 Å². The highest BCUT2D eigenvalue weighted by atomic mass is 16.5. The highest BCUT2D eigenvalue weighted by molar-refractivity contribution is 5.94. The van der Waals surface area contributed by atoms with Gasteiger partial charge in [-0.15, -0.1) is 10.2 Å². The van der Waals surface area contributed by atoms with Crippen molar-refractivity contribution < 1.29 is 14.3 Å². The molecule has 0 saturated heterocycles. The van der Waals surface area contributed by atoms with E-state index in [1.54, 1.807) is 6.07 Å². The molecule has 0 aliphatic heterocycles. The first-order chi connectivity index (χ1) is 22.2. The van der Waals surface area contributed by atoms with Crippen LogP contribution in [0.4, 0.5) is 10.6 Å². The van der Waals surface area contributed by atoms with Gasteiger partial charge in [0.15, 0.2) is 17.3 Å². The van der Waals surface area contributed by atoms with E-state index in [2.05, 4.69) is 57.6 Å². The standard InChI is InChI=1S/C36H48N8O3/c1-35(2,3)21-32-42-41-31-18-15-23(22-44(31)32)47-28-17-16-26(24-12-9-10-13-25(24)28)37-34(46)40-30-20-29(36(4,5)6)38-33(39-30)27(45)14-11-19-43(7)8/h9-10,12-13,15,18,20,22,26,28H,11,14,16-17,19,21H2,1-8H3,(H2,37,38,39,40,46)/t26-,28+/m0/s1. The summed E-state index contributed by atoms with van der Waals surface area (Å²) in [7, 11) is 3.95. The Morgan fingerprint density at radius 3 is 2.43 bits per heavy atom. The van der Waals surface area contributed by atoms with Crippen molar-refractivity contribution >= 4 is 23.3 Å². The molecule has 11 heteroatoms. The van der Waals surface area contributed by atoms with E-state index in [1.807, 2.05) is 80.7 Å². The van der Waals surface area contributed by atoms with Crippen LogP contribution in [0.5, 0.6) is 5.75 Å². The lowest BCUT2D eigenvalue weighted by molar-refractivity contribution is 0.0966. The molecule has 1 aliphatic rings. The van der Waals surface area contributed by atoms with Crippen molar-refractivity contribution in [1.29, 1.82) is 0 Å². The third-order valence-corrected chi connectivity index (χ3v) is 8.15. The van der Waals surface area contributed by atoms with Crippen LogP contribution >= 0.6 is 0 Å². The van der Waals surface area contributed by atoms with Crippen LogP contribution in [0.1, 0.15) is 113 Å². The lowest BCUT2D eigenvalue weighted by atomic mass is 9.85. The minimum Gasteiger partial charge on any atom is -0.484 e. The van der Waals surface area contributed by atoms with Crippen LogP contribution in [-0.2, 0) is 11.8 Å². The zero-order chi connectivity index (χ0) is 33.9. The number of benzene rings is 1. The number of ether oxygens (including phenoxy) is 1. The molecule has 2 atom stereocenters. The Balaban J connectivity index is 1.30. The molecule has 2 N–H and O–H groups in total. The number of fused-ring (bicyclic) bond motifs is 2. The summed E-state index contributed by atoms with van der Waals surface area (Å²) in [5.41, 5.74) is 3.26. The van der Waals surface area contributed by atoms with E-state index >= 15 is 0 Å². The normalized spacial score (nSPS) is 16.6. The maximum absolute atomic E-state index is 13.4. The number of ketones is 1. The van der Waals surface area contributed by atoms with E-state index in [0.717, 1.165) is 41.3 Å². The molecule has 0 unspecified atom stereocenters. The number of aromatic nitrogens is 5. The van der Waals surface area contributed by atoms with Crippen LogP contribution in [0.25, 0.3) is 5.65 Å². The van der Waals surface area contributed by atoms with Crippen LogP contribution in [0.3, 0.4) is 0 Å². The molecule has 47 heavy (non-hydrogen) atoms. The van der Waals surface area contributed by atoms with Gasteiger partial charge in [0.2, 0.25) is 0 Å². The summed E-state index contributed by atoms with van der Waals surface area (Å²) < 4.78 is 8.56. The second-order valence-corrected chi connectivity index (χ2v) is 15.0. The van der Waals surface area contributed by atoms with E-state index < -0.39 is 6.03 Å². The predicted molar refractivity (Wildman–Crippen MR) is 183 cm³/mol. The van der Waals surface area contributed by atoms with Crippen molar-refractivity contribution in [2.75, 3.05) is 26.0 Å². The molecular formula is C36H48N8O3. The smallest absolute Gasteiger partial charge is 0.320 e. The number of anilines is 1. The number of carbonyl (C=O) groups excluding carboxylic acids is 2. The molecular weight excluding hydrogens is 592 g/mol. The Bertz CT molecular complexity index is 1730. The van der Waals surface area contributed by atoms with Gasteiger partial charge in [-0.2, -0.15) is 0 Å². The zero-order valence-electron chi connectivity index (χ0n) is 28.9. The minimum atomic E-state index is -0.391. The molecule has 3 aromatic heterocycles. The van der Waals surface area contributed by atoms with E-state index in [-0.39, 0.29) is 34.6 Å². The number of hydrogen-bond acceptors (Lipinski definition) is 8. The number of urea groups is 1. The SMILES string of the molecule is CN(C)CCCC(=O)c1nc(NC(=O)N[C@H]2CC[C@@H](Oc3ccc4nnc(CC(C)(C)C)n4c3)c3ccccc32)cc(C(C)(C)C)n1. The second-order valence-electron chi connectivity index (χ2n) is 15.0. The molecule has 2 amide bonds. The molecule has 3 heterocycles. The van der Waals surface area contributed by atoms with E-state index in [1.165, 1.54) is 0 Å². The fourth-order valence-corrected chi connectivity index (χ4v) is 5.77. The molecule has 0 spiro atoms. The highest BCUT2D eigenvalue weighted by Gasteiger charge is 2.30. The van der Waals surface area contributed by atoms with Gasteiger partial charge in [0.1, 0.15) is 23.5 Å². The number of carbonyl (C=O) groups is 2. The average molecular weight is 641 g/mol. The van der Waals surface area contributed by atoms with Crippen LogP contribution in [0.15, 0.2) is 48.7 Å². The average Bonchev–Trinajstić information content (AvgIpc) is 3.37. The highest BCUT2D eigenvalue weighted by Crippen LogP contribution is 2.39. The zero-order valence-corrected chi connectivity index (χ0v) is 28.9. The van der Waals surface area contributed by atoms with Crippen LogP contribution in [0.2, 0.25) is 0 Å². The van der Waals surface area contributed by atoms with Crippen molar-refractivity contribution in [2.45, 2.75) is 91.2 Å². The predicted octanol–water partition coefficient (Wildman–Crippen LogP) is 6.71. The third-order valence-electron chi connectivity index (χ3n) is 8.15. The lowest BCUT2D eigenvalue weighted by Crippen LogP contribution is -2.36. The number of pyridine rings is 1. The molecule has 11 nitrogen and oxygen atoms in total. The first kappa shape index (κ1) is 34.0. The van der Waals surface area contributed by atoms with Gasteiger partial charge in [-0.05, 0) is 68.6 Å². The summed E-state index contributed by atoms with van der Waals surface area (Å²) in [6.45, 7) is 13.4. The summed E-state index contributed by atoms with van der Waals surface area (Å²) in [5, 5.41) is 14.7. The monoisotopic (exact) mass is 640 g/mol. The maximum atomic E-state index is 13.4. The van der Waals surface area contributed by atoms with Gasteiger partial charge in [0.25, 0.3) is 0 Å². The van der Waals surface area contributed by atoms with Gasteiger partial charge in [-0.3, -0.25) is 14.5 Å². The third kappa shape index (κ3) is 8.71. The number of hydrogen-bond donors (Lipinski definition) is 2. The van der Waals surface area contributed by atoms with Crippen molar-refractivity contribution in [3.05, 3.63) is 77.1 Å². The van der Waals surface area contributed by atoms with Crippen molar-refractivity contribution in [3.8, 4) is 5.75 Å². The van der Waals surface area contributed by atoms with Gasteiger partial charge >= 0.3 is 6.03 Å². The Labute approximate surface area is 277 Å². The number of amides is 2. The van der Waals surface area contributed by atoms with Gasteiger partial charge in [-0.1, -0.05) is 65.8 Å². The summed E-state index contributed by atoms with van der Waals surface area (Å²) in [6, 6.07) is 13.1. The number of nitrogens with one attached hydrogen (secondary N) is 2. The molecule has 5 rings (SSSR count). The van der Waals surface area contributed by atoms with E-state index in [0.29, 0.717) is 37.2 Å². The first-order valence-corrected chi connectivity index (χ1v) is 16.4. The van der Waals surface area contributed by atoms with Crippen LogP contribution < -0.4 is 15.4 Å². The first-order valence-electron chi connectivity index (χ1n) is 16.4. The number of rotatable bonds is 10. The van der Waals surface area contributed by atoms with Crippen LogP contribution in [-0.4, -0.2) is 61.9 Å². The molecule has 0 saturated carbocycles. The quantitative estimate of drug-likeness (QED) is 0.183. The van der Waals surface area contributed by atoms with Gasteiger partial charge in [0, 0.05) is 24.3 Å². The molecule has 4 aromatic rings. The Hall–Kier alpha value is -4.38. The summed E-state index contributed by atoms with van der Waals surface area (Å²) >= 11 is 0. The lowest BCUT2D eigenvalue weighted by Gasteiger charge is -2.32. The van der Waals surface area contributed by atoms with Crippen LogP contribution in [0, 0.1) is 5.41 Å². The van der Waals surface area contributed by atoms with Crippen molar-refractivity contribution in [3.63, 3.8) is 0 Å². The number of Topliss-reactive ketones (excluding diaryl/α,β-unsaturated/α-hetero) is 1. The Kier molecular flexibility index (Phi) is 9.95. The summed E-state index contributed by atoms with van der Waals surface area (Å²) in [4.78, 5) is 37.4. The molecule has 0 fully saturated rings. The van der Waals surface area contributed by atoms with Gasteiger partial charge in [0.05, 0.1) is 17.9 Å². The van der Waals surface area contributed by atoms with Gasteiger partial charge < -0.3 is 15.0 Å². The number of nitrogens with zero attached hydrogens (tertiary/aromatic N) is 6. The topological polar surface area (TPSA) is 127 Å². The Morgan fingerprint density at radius 2 is 1.72 bits per heavy atom.